The van der Waals surface area contributed by atoms with Crippen molar-refractivity contribution in [2.24, 2.45) is 0 Å². The number of hydrogen-bond acceptors (Lipinski definition) is 2. The van der Waals surface area contributed by atoms with Gasteiger partial charge in [0.2, 0.25) is 0 Å². The third-order valence-corrected chi connectivity index (χ3v) is 3.42. The van der Waals surface area contributed by atoms with E-state index in [2.05, 4.69) is 45.0 Å². The first-order chi connectivity index (χ1) is 9.56. The van der Waals surface area contributed by atoms with Crippen LogP contribution in [0.25, 0.3) is 0 Å². The second-order valence-electron chi connectivity index (χ2n) is 5.70. The number of nitriles is 1. The van der Waals surface area contributed by atoms with Gasteiger partial charge in [0, 0.05) is 6.42 Å². The lowest BCUT2D eigenvalue weighted by atomic mass is 9.93. The molecule has 0 saturated heterocycles. The summed E-state index contributed by atoms with van der Waals surface area (Å²) in [4.78, 5) is 0. The zero-order valence-electron chi connectivity index (χ0n) is 12.9. The second kappa shape index (κ2) is 8.55. The molecule has 0 amide bonds. The van der Waals surface area contributed by atoms with E-state index in [-0.39, 0.29) is 5.60 Å². The molecule has 0 spiro atoms. The van der Waals surface area contributed by atoms with Crippen LogP contribution >= 0.6 is 0 Å². The first kappa shape index (κ1) is 16.5. The number of benzene rings is 1. The molecule has 1 atom stereocenters. The molecule has 2 heteroatoms. The van der Waals surface area contributed by atoms with Crippen molar-refractivity contribution in [3.8, 4) is 6.07 Å². The van der Waals surface area contributed by atoms with Gasteiger partial charge in [0.05, 0.1) is 18.3 Å². The summed E-state index contributed by atoms with van der Waals surface area (Å²) in [6.07, 6.45) is 5.51. The maximum Gasteiger partial charge on any atom is 0.0724 e. The molecule has 1 aromatic carbocycles. The zero-order valence-corrected chi connectivity index (χ0v) is 12.9. The van der Waals surface area contributed by atoms with Gasteiger partial charge in [-0.25, -0.2) is 0 Å². The van der Waals surface area contributed by atoms with E-state index < -0.39 is 0 Å². The predicted octanol–water partition coefficient (Wildman–Crippen LogP) is 5.01. The fourth-order valence-corrected chi connectivity index (χ4v) is 2.09. The molecule has 0 heterocycles. The molecule has 2 nitrogen and oxygen atoms in total. The van der Waals surface area contributed by atoms with Crippen molar-refractivity contribution in [3.63, 3.8) is 0 Å². The van der Waals surface area contributed by atoms with E-state index in [0.29, 0.717) is 13.0 Å². The van der Waals surface area contributed by atoms with Crippen LogP contribution in [0.2, 0.25) is 0 Å². The van der Waals surface area contributed by atoms with E-state index in [9.17, 15) is 0 Å². The molecule has 0 aliphatic carbocycles. The molecule has 1 unspecified atom stereocenters. The smallest absolute Gasteiger partial charge is 0.0724 e. The molecule has 108 valence electrons. The van der Waals surface area contributed by atoms with Gasteiger partial charge in [0.25, 0.3) is 0 Å². The average molecular weight is 271 g/mol. The molecule has 1 aromatic rings. The van der Waals surface area contributed by atoms with Crippen molar-refractivity contribution in [2.75, 3.05) is 0 Å². The average Bonchev–Trinajstić information content (AvgIpc) is 2.44. The van der Waals surface area contributed by atoms with Crippen LogP contribution in [-0.2, 0) is 11.3 Å². The van der Waals surface area contributed by atoms with Crippen LogP contribution in [0.5, 0.6) is 0 Å². The van der Waals surface area contributed by atoms with E-state index in [1.807, 2.05) is 18.2 Å². The zero-order chi connectivity index (χ0) is 14.8. The van der Waals surface area contributed by atoms with Crippen LogP contribution in [0.1, 0.15) is 52.0 Å². The number of ether oxygens (including phenoxy) is 1. The predicted molar refractivity (Wildman–Crippen MR) is 83.1 cm³/mol. The van der Waals surface area contributed by atoms with Crippen molar-refractivity contribution in [1.29, 1.82) is 5.26 Å². The van der Waals surface area contributed by atoms with Crippen LogP contribution in [-0.4, -0.2) is 5.60 Å². The molecule has 0 aliphatic heterocycles. The van der Waals surface area contributed by atoms with E-state index >= 15 is 0 Å². The SMILES string of the molecule is CC(C)=CCCC(C)(CCC#N)OCc1ccccc1. The van der Waals surface area contributed by atoms with Crippen molar-refractivity contribution in [1.82, 2.24) is 0 Å². The topological polar surface area (TPSA) is 33.0 Å². The lowest BCUT2D eigenvalue weighted by Gasteiger charge is -2.29. The van der Waals surface area contributed by atoms with E-state index in [4.69, 9.17) is 10.00 Å². The van der Waals surface area contributed by atoms with E-state index in [0.717, 1.165) is 19.3 Å². The lowest BCUT2D eigenvalue weighted by molar-refractivity contribution is -0.0531. The highest BCUT2D eigenvalue weighted by Gasteiger charge is 2.24. The highest BCUT2D eigenvalue weighted by molar-refractivity contribution is 5.13. The van der Waals surface area contributed by atoms with Gasteiger partial charge in [-0.3, -0.25) is 0 Å². The van der Waals surface area contributed by atoms with Crippen LogP contribution in [0.4, 0.5) is 0 Å². The third-order valence-electron chi connectivity index (χ3n) is 3.42. The summed E-state index contributed by atoms with van der Waals surface area (Å²) >= 11 is 0. The molecule has 0 bridgehead atoms. The summed E-state index contributed by atoms with van der Waals surface area (Å²) < 4.78 is 6.12. The summed E-state index contributed by atoms with van der Waals surface area (Å²) in [5, 5.41) is 8.81. The first-order valence-corrected chi connectivity index (χ1v) is 7.24. The van der Waals surface area contributed by atoms with Crippen molar-refractivity contribution in [2.45, 2.75) is 58.7 Å². The first-order valence-electron chi connectivity index (χ1n) is 7.24. The highest BCUT2D eigenvalue weighted by Crippen LogP contribution is 2.25. The minimum atomic E-state index is -0.225. The Bertz CT molecular complexity index is 454. The minimum Gasteiger partial charge on any atom is -0.371 e. The van der Waals surface area contributed by atoms with Gasteiger partial charge in [-0.05, 0) is 45.6 Å². The van der Waals surface area contributed by atoms with Gasteiger partial charge in [-0.1, -0.05) is 42.0 Å². The van der Waals surface area contributed by atoms with Gasteiger partial charge in [0.15, 0.2) is 0 Å². The van der Waals surface area contributed by atoms with Gasteiger partial charge < -0.3 is 4.74 Å². The van der Waals surface area contributed by atoms with Crippen LogP contribution < -0.4 is 0 Å². The maximum absolute atomic E-state index is 8.81. The molecule has 0 saturated carbocycles. The Balaban J connectivity index is 2.58. The Labute approximate surface area is 123 Å². The molecule has 0 aromatic heterocycles. The Morgan fingerprint density at radius 2 is 1.95 bits per heavy atom. The number of rotatable bonds is 8. The monoisotopic (exact) mass is 271 g/mol. The second-order valence-corrected chi connectivity index (χ2v) is 5.70. The van der Waals surface area contributed by atoms with Crippen molar-refractivity contribution < 1.29 is 4.74 Å². The summed E-state index contributed by atoms with van der Waals surface area (Å²) in [6, 6.07) is 12.4. The minimum absolute atomic E-state index is 0.225. The molecular weight excluding hydrogens is 246 g/mol. The molecule has 0 radical (unpaired) electrons. The molecule has 1 rings (SSSR count). The largest absolute Gasteiger partial charge is 0.371 e. The van der Waals surface area contributed by atoms with E-state index in [1.165, 1.54) is 11.1 Å². The lowest BCUT2D eigenvalue weighted by Crippen LogP contribution is -2.28. The van der Waals surface area contributed by atoms with Gasteiger partial charge in [-0.15, -0.1) is 0 Å². The quantitative estimate of drug-likeness (QED) is 0.622. The van der Waals surface area contributed by atoms with E-state index in [1.54, 1.807) is 0 Å². The fourth-order valence-electron chi connectivity index (χ4n) is 2.09. The normalized spacial score (nSPS) is 13.3. The fraction of sp³-hybridized carbons (Fsp3) is 0.500. The number of nitrogens with zero attached hydrogens (tertiary/aromatic N) is 1. The van der Waals surface area contributed by atoms with Crippen molar-refractivity contribution >= 4 is 0 Å². The third kappa shape index (κ3) is 6.54. The Kier molecular flexibility index (Phi) is 7.04. The number of hydrogen-bond donors (Lipinski definition) is 0. The van der Waals surface area contributed by atoms with Gasteiger partial charge in [-0.2, -0.15) is 5.26 Å². The molecule has 0 aliphatic rings. The Hall–Kier alpha value is -1.59. The Morgan fingerprint density at radius 3 is 2.55 bits per heavy atom. The summed E-state index contributed by atoms with van der Waals surface area (Å²) in [5.74, 6) is 0. The summed E-state index contributed by atoms with van der Waals surface area (Å²) in [6.45, 7) is 6.94. The van der Waals surface area contributed by atoms with Crippen LogP contribution in [0.15, 0.2) is 42.0 Å². The molecule has 20 heavy (non-hydrogen) atoms. The van der Waals surface area contributed by atoms with Gasteiger partial charge in [0.1, 0.15) is 0 Å². The number of allylic oxidation sites excluding steroid dienone is 2. The highest BCUT2D eigenvalue weighted by atomic mass is 16.5. The molecular formula is C18H25NO. The van der Waals surface area contributed by atoms with Crippen LogP contribution in [0.3, 0.4) is 0 Å². The standard InChI is InChI=1S/C18H25NO/c1-16(2)9-7-12-18(3,13-8-14-19)20-15-17-10-5-4-6-11-17/h4-6,9-11H,7-8,12-13,15H2,1-3H3. The van der Waals surface area contributed by atoms with Crippen LogP contribution in [0, 0.1) is 11.3 Å². The molecule has 0 fully saturated rings. The van der Waals surface area contributed by atoms with Gasteiger partial charge >= 0.3 is 0 Å². The maximum atomic E-state index is 8.81. The summed E-state index contributed by atoms with van der Waals surface area (Å²) in [7, 11) is 0. The summed E-state index contributed by atoms with van der Waals surface area (Å²) in [5.41, 5.74) is 2.28. The molecule has 0 N–H and O–H groups in total. The van der Waals surface area contributed by atoms with Crippen molar-refractivity contribution in [3.05, 3.63) is 47.5 Å². The Morgan fingerprint density at radius 1 is 1.25 bits per heavy atom.